The van der Waals surface area contributed by atoms with Crippen LogP contribution in [0.4, 0.5) is 5.82 Å². The molecule has 0 saturated heterocycles. The van der Waals surface area contributed by atoms with E-state index in [1.807, 2.05) is 6.20 Å². The number of nitrogens with zero attached hydrogens (tertiary/aromatic N) is 1. The van der Waals surface area contributed by atoms with Gasteiger partial charge in [-0.2, -0.15) is 0 Å². The summed E-state index contributed by atoms with van der Waals surface area (Å²) >= 11 is 5.06. The molecule has 18 heavy (non-hydrogen) atoms. The van der Waals surface area contributed by atoms with Gasteiger partial charge in [0.15, 0.2) is 4.77 Å². The molecule has 1 aromatic rings. The van der Waals surface area contributed by atoms with Gasteiger partial charge in [0.2, 0.25) is 0 Å². The fourth-order valence-electron chi connectivity index (χ4n) is 5.27. The van der Waals surface area contributed by atoms with Crippen LogP contribution in [0.1, 0.15) is 44.1 Å². The second-order valence-corrected chi connectivity index (χ2v) is 7.10. The van der Waals surface area contributed by atoms with Gasteiger partial charge in [-0.25, -0.2) is 4.98 Å². The van der Waals surface area contributed by atoms with E-state index in [9.17, 15) is 0 Å². The van der Waals surface area contributed by atoms with Crippen LogP contribution in [0.2, 0.25) is 0 Å². The summed E-state index contributed by atoms with van der Waals surface area (Å²) in [7, 11) is 0. The van der Waals surface area contributed by atoms with E-state index < -0.39 is 0 Å². The Bertz CT molecular complexity index is 513. The van der Waals surface area contributed by atoms with Crippen molar-refractivity contribution < 1.29 is 0 Å². The molecule has 3 nitrogen and oxygen atoms in total. The third kappa shape index (κ3) is 1.48. The number of anilines is 1. The lowest BCUT2D eigenvalue weighted by Crippen LogP contribution is -2.48. The van der Waals surface area contributed by atoms with Gasteiger partial charge in [-0.15, -0.1) is 0 Å². The third-order valence-corrected chi connectivity index (χ3v) is 5.66. The van der Waals surface area contributed by atoms with Gasteiger partial charge < -0.3 is 10.7 Å². The number of H-pyrrole nitrogens is 1. The Morgan fingerprint density at radius 3 is 2.22 bits per heavy atom. The first kappa shape index (κ1) is 11.0. The van der Waals surface area contributed by atoms with Gasteiger partial charge in [0, 0.05) is 17.2 Å². The van der Waals surface area contributed by atoms with Crippen LogP contribution < -0.4 is 5.73 Å². The normalized spacial score (nSPS) is 41.2. The van der Waals surface area contributed by atoms with E-state index in [0.29, 0.717) is 10.2 Å². The van der Waals surface area contributed by atoms with Crippen molar-refractivity contribution in [2.75, 3.05) is 5.73 Å². The lowest BCUT2D eigenvalue weighted by molar-refractivity contribution is -0.00512. The standard InChI is InChI=1S/C14H19N3S/c15-12-11(7-16-13(18)17-12)14-4-8-1-9(5-14)3-10(2-8)6-14/h7-10H,1-6H2,(H3,15,16,17,18). The molecule has 0 amide bonds. The molecule has 4 aliphatic carbocycles. The quantitative estimate of drug-likeness (QED) is 0.763. The molecule has 4 saturated carbocycles. The zero-order valence-corrected chi connectivity index (χ0v) is 11.3. The molecular formula is C14H19N3S. The van der Waals surface area contributed by atoms with Crippen LogP contribution in [-0.2, 0) is 5.41 Å². The minimum absolute atomic E-state index is 0.311. The minimum atomic E-state index is 0.311. The fraction of sp³-hybridized carbons (Fsp3) is 0.714. The van der Waals surface area contributed by atoms with Crippen molar-refractivity contribution in [2.45, 2.75) is 43.9 Å². The van der Waals surface area contributed by atoms with E-state index in [1.54, 1.807) is 0 Å². The highest BCUT2D eigenvalue weighted by Gasteiger charge is 2.52. The van der Waals surface area contributed by atoms with Crippen molar-refractivity contribution >= 4 is 18.0 Å². The Kier molecular flexibility index (Phi) is 2.17. The van der Waals surface area contributed by atoms with E-state index >= 15 is 0 Å². The highest BCUT2D eigenvalue weighted by molar-refractivity contribution is 7.71. The first-order valence-electron chi connectivity index (χ1n) is 7.00. The number of hydrogen-bond acceptors (Lipinski definition) is 3. The molecule has 4 heteroatoms. The van der Waals surface area contributed by atoms with Crippen molar-refractivity contribution in [1.82, 2.24) is 9.97 Å². The summed E-state index contributed by atoms with van der Waals surface area (Å²) in [5.74, 6) is 3.55. The van der Waals surface area contributed by atoms with Gasteiger partial charge >= 0.3 is 0 Å². The first-order valence-corrected chi connectivity index (χ1v) is 7.41. The van der Waals surface area contributed by atoms with Crippen LogP contribution in [-0.4, -0.2) is 9.97 Å². The SMILES string of the molecule is Nc1[nH]c(=S)ncc1C12CC3CC(CC(C3)C1)C2. The van der Waals surface area contributed by atoms with Crippen molar-refractivity contribution in [2.24, 2.45) is 17.8 Å². The minimum Gasteiger partial charge on any atom is -0.385 e. The zero-order chi connectivity index (χ0) is 12.3. The zero-order valence-electron chi connectivity index (χ0n) is 10.5. The van der Waals surface area contributed by atoms with Gasteiger partial charge in [-0.05, 0) is 68.5 Å². The van der Waals surface area contributed by atoms with Crippen LogP contribution >= 0.6 is 12.2 Å². The van der Waals surface area contributed by atoms with Crippen LogP contribution in [0.3, 0.4) is 0 Å². The average molecular weight is 261 g/mol. The van der Waals surface area contributed by atoms with Gasteiger partial charge in [-0.1, -0.05) is 0 Å². The smallest absolute Gasteiger partial charge is 0.198 e. The Hall–Kier alpha value is -0.900. The maximum Gasteiger partial charge on any atom is 0.198 e. The highest BCUT2D eigenvalue weighted by Crippen LogP contribution is 2.61. The van der Waals surface area contributed by atoms with Crippen LogP contribution in [0, 0.1) is 22.5 Å². The second kappa shape index (κ2) is 3.56. The van der Waals surface area contributed by atoms with Crippen molar-refractivity contribution in [1.29, 1.82) is 0 Å². The molecule has 0 atom stereocenters. The molecule has 0 spiro atoms. The predicted octanol–water partition coefficient (Wildman–Crippen LogP) is 3.19. The van der Waals surface area contributed by atoms with Gasteiger partial charge in [0.05, 0.1) is 0 Å². The summed E-state index contributed by atoms with van der Waals surface area (Å²) in [6.07, 6.45) is 10.3. The van der Waals surface area contributed by atoms with Gasteiger partial charge in [-0.3, -0.25) is 0 Å². The number of aromatic amines is 1. The summed E-state index contributed by atoms with van der Waals surface area (Å²) in [5, 5.41) is 0. The summed E-state index contributed by atoms with van der Waals surface area (Å²) in [5.41, 5.74) is 7.74. The number of nitrogens with two attached hydrogens (primary N) is 1. The molecule has 3 N–H and O–H groups in total. The second-order valence-electron chi connectivity index (χ2n) is 6.71. The summed E-state index contributed by atoms with van der Waals surface area (Å²) in [6, 6.07) is 0. The van der Waals surface area contributed by atoms with Crippen LogP contribution in [0.5, 0.6) is 0 Å². The van der Waals surface area contributed by atoms with Gasteiger partial charge in [0.1, 0.15) is 5.82 Å². The Balaban J connectivity index is 1.81. The number of nitrogen functional groups attached to an aromatic ring is 1. The molecule has 4 bridgehead atoms. The van der Waals surface area contributed by atoms with Crippen molar-refractivity contribution in [3.8, 4) is 0 Å². The Morgan fingerprint density at radius 2 is 1.72 bits per heavy atom. The molecule has 0 aromatic carbocycles. The molecule has 4 aliphatic rings. The van der Waals surface area contributed by atoms with E-state index in [2.05, 4.69) is 9.97 Å². The van der Waals surface area contributed by atoms with Crippen LogP contribution in [0.15, 0.2) is 6.20 Å². The van der Waals surface area contributed by atoms with E-state index in [1.165, 1.54) is 44.1 Å². The van der Waals surface area contributed by atoms with Crippen molar-refractivity contribution in [3.05, 3.63) is 16.5 Å². The molecule has 1 aromatic heterocycles. The Morgan fingerprint density at radius 1 is 1.17 bits per heavy atom. The lowest BCUT2D eigenvalue weighted by atomic mass is 9.48. The average Bonchev–Trinajstić information content (AvgIpc) is 2.26. The summed E-state index contributed by atoms with van der Waals surface area (Å²) in [6.45, 7) is 0. The van der Waals surface area contributed by atoms with Gasteiger partial charge in [0.25, 0.3) is 0 Å². The highest BCUT2D eigenvalue weighted by atomic mass is 32.1. The molecule has 96 valence electrons. The number of nitrogens with one attached hydrogen (secondary N) is 1. The summed E-state index contributed by atoms with van der Waals surface area (Å²) in [4.78, 5) is 7.32. The monoisotopic (exact) mass is 261 g/mol. The molecule has 4 fully saturated rings. The van der Waals surface area contributed by atoms with Crippen LogP contribution in [0.25, 0.3) is 0 Å². The molecule has 0 aliphatic heterocycles. The maximum atomic E-state index is 6.18. The number of rotatable bonds is 1. The first-order chi connectivity index (χ1) is 8.64. The largest absolute Gasteiger partial charge is 0.385 e. The molecule has 1 heterocycles. The molecule has 5 rings (SSSR count). The topological polar surface area (TPSA) is 54.7 Å². The molecular weight excluding hydrogens is 242 g/mol. The number of aromatic nitrogens is 2. The molecule has 0 unspecified atom stereocenters. The molecule has 0 radical (unpaired) electrons. The predicted molar refractivity (Wildman–Crippen MR) is 73.7 cm³/mol. The lowest BCUT2D eigenvalue weighted by Gasteiger charge is -2.57. The maximum absolute atomic E-state index is 6.18. The summed E-state index contributed by atoms with van der Waals surface area (Å²) < 4.78 is 0.501. The van der Waals surface area contributed by atoms with E-state index in [4.69, 9.17) is 18.0 Å². The van der Waals surface area contributed by atoms with Crippen molar-refractivity contribution in [3.63, 3.8) is 0 Å². The third-order valence-electron chi connectivity index (χ3n) is 5.45. The van der Waals surface area contributed by atoms with E-state index in [0.717, 1.165) is 23.6 Å². The van der Waals surface area contributed by atoms with E-state index in [-0.39, 0.29) is 0 Å². The Labute approximate surface area is 112 Å². The fourth-order valence-corrected chi connectivity index (χ4v) is 5.43. The number of hydrogen-bond donors (Lipinski definition) is 2.